The number of nitrogens with two attached hydrogens (primary N) is 1. The molecule has 1 aromatic rings. The fourth-order valence-electron chi connectivity index (χ4n) is 3.58. The molecule has 1 fully saturated rings. The highest BCUT2D eigenvalue weighted by molar-refractivity contribution is 7.07. The number of unbranched alkanes of at least 4 members (excludes halogenated alkanes) is 1. The maximum absolute atomic E-state index is 5.81. The molecule has 0 amide bonds. The van der Waals surface area contributed by atoms with Crippen LogP contribution in [0.3, 0.4) is 0 Å². The zero-order valence-corrected chi connectivity index (χ0v) is 13.6. The second-order valence-corrected chi connectivity index (χ2v) is 7.15. The number of hydrogen-bond acceptors (Lipinski definition) is 3. The molecule has 0 aromatic carbocycles. The average molecular weight is 295 g/mol. The first kappa shape index (κ1) is 16.0. The topological polar surface area (TPSA) is 38.0 Å². The second kappa shape index (κ2) is 8.81. The molecule has 3 N–H and O–H groups in total. The minimum atomic E-state index is 0.502. The van der Waals surface area contributed by atoms with Crippen LogP contribution in [0.4, 0.5) is 0 Å². The van der Waals surface area contributed by atoms with Crippen LogP contribution in [-0.4, -0.2) is 6.04 Å². The first-order valence-electron chi connectivity index (χ1n) is 8.30. The lowest BCUT2D eigenvalue weighted by molar-refractivity contribution is 0.206. The smallest absolute Gasteiger partial charge is 0.0241 e. The molecule has 0 bridgehead atoms. The number of thiophene rings is 1. The van der Waals surface area contributed by atoms with Crippen molar-refractivity contribution in [2.75, 3.05) is 0 Å². The van der Waals surface area contributed by atoms with Gasteiger partial charge in [0.15, 0.2) is 0 Å². The van der Waals surface area contributed by atoms with Crippen molar-refractivity contribution in [1.29, 1.82) is 0 Å². The maximum atomic E-state index is 5.81. The first-order chi connectivity index (χ1) is 9.83. The van der Waals surface area contributed by atoms with Gasteiger partial charge in [-0.2, -0.15) is 11.3 Å². The van der Waals surface area contributed by atoms with E-state index in [-0.39, 0.29) is 0 Å². The SMILES string of the molecule is CCCCC1CCC(C(CCc2ccsc2)NN)CC1. The molecule has 1 saturated carbocycles. The van der Waals surface area contributed by atoms with E-state index < -0.39 is 0 Å². The molecule has 1 aliphatic carbocycles. The summed E-state index contributed by atoms with van der Waals surface area (Å²) < 4.78 is 0. The Morgan fingerprint density at radius 3 is 2.75 bits per heavy atom. The third-order valence-corrected chi connectivity index (χ3v) is 5.70. The van der Waals surface area contributed by atoms with Gasteiger partial charge in [0.1, 0.15) is 0 Å². The normalized spacial score (nSPS) is 24.7. The minimum Gasteiger partial charge on any atom is -0.271 e. The van der Waals surface area contributed by atoms with Gasteiger partial charge in [0.05, 0.1) is 0 Å². The van der Waals surface area contributed by atoms with Gasteiger partial charge in [0, 0.05) is 6.04 Å². The molecule has 2 nitrogen and oxygen atoms in total. The average Bonchev–Trinajstić information content (AvgIpc) is 3.00. The summed E-state index contributed by atoms with van der Waals surface area (Å²) in [6, 6.07) is 2.74. The minimum absolute atomic E-state index is 0.502. The summed E-state index contributed by atoms with van der Waals surface area (Å²) in [4.78, 5) is 0. The van der Waals surface area contributed by atoms with Crippen LogP contribution in [0.1, 0.15) is 63.9 Å². The van der Waals surface area contributed by atoms with Gasteiger partial charge in [0.25, 0.3) is 0 Å². The number of aryl methyl sites for hydroxylation is 1. The summed E-state index contributed by atoms with van der Waals surface area (Å²) in [6.45, 7) is 2.30. The van der Waals surface area contributed by atoms with E-state index in [2.05, 4.69) is 29.2 Å². The summed E-state index contributed by atoms with van der Waals surface area (Å²) in [5, 5.41) is 4.42. The Labute approximate surface area is 128 Å². The van der Waals surface area contributed by atoms with Crippen molar-refractivity contribution in [1.82, 2.24) is 5.43 Å². The molecule has 0 aliphatic heterocycles. The monoisotopic (exact) mass is 294 g/mol. The van der Waals surface area contributed by atoms with Crippen molar-refractivity contribution >= 4 is 11.3 Å². The Morgan fingerprint density at radius 2 is 2.15 bits per heavy atom. The Bertz CT molecular complexity index is 342. The van der Waals surface area contributed by atoms with Crippen LogP contribution < -0.4 is 11.3 Å². The van der Waals surface area contributed by atoms with Gasteiger partial charge >= 0.3 is 0 Å². The van der Waals surface area contributed by atoms with Crippen molar-refractivity contribution in [3.8, 4) is 0 Å². The van der Waals surface area contributed by atoms with Crippen LogP contribution in [0.25, 0.3) is 0 Å². The zero-order chi connectivity index (χ0) is 14.2. The van der Waals surface area contributed by atoms with Gasteiger partial charge in [-0.15, -0.1) is 0 Å². The van der Waals surface area contributed by atoms with Gasteiger partial charge in [-0.05, 0) is 59.9 Å². The molecule has 1 aliphatic rings. The molecule has 0 radical (unpaired) electrons. The summed E-state index contributed by atoms with van der Waals surface area (Å²) >= 11 is 1.79. The van der Waals surface area contributed by atoms with Crippen LogP contribution in [-0.2, 0) is 6.42 Å². The Morgan fingerprint density at radius 1 is 1.35 bits per heavy atom. The second-order valence-electron chi connectivity index (χ2n) is 6.37. The number of hydrazine groups is 1. The fourth-order valence-corrected chi connectivity index (χ4v) is 4.29. The van der Waals surface area contributed by atoms with Gasteiger partial charge in [0.2, 0.25) is 0 Å². The van der Waals surface area contributed by atoms with Crippen molar-refractivity contribution in [3.05, 3.63) is 22.4 Å². The molecule has 1 atom stereocenters. The van der Waals surface area contributed by atoms with E-state index in [1.165, 1.54) is 56.9 Å². The van der Waals surface area contributed by atoms with Crippen molar-refractivity contribution in [2.24, 2.45) is 17.7 Å². The highest BCUT2D eigenvalue weighted by Gasteiger charge is 2.26. The fraction of sp³-hybridized carbons (Fsp3) is 0.765. The van der Waals surface area contributed by atoms with Crippen molar-refractivity contribution < 1.29 is 0 Å². The van der Waals surface area contributed by atoms with Crippen LogP contribution in [0.15, 0.2) is 16.8 Å². The Balaban J connectivity index is 1.72. The molecule has 114 valence electrons. The van der Waals surface area contributed by atoms with E-state index in [1.807, 2.05) is 0 Å². The molecule has 0 saturated heterocycles. The van der Waals surface area contributed by atoms with Gasteiger partial charge in [-0.3, -0.25) is 11.3 Å². The van der Waals surface area contributed by atoms with Crippen LogP contribution in [0.2, 0.25) is 0 Å². The Hall–Kier alpha value is -0.380. The van der Waals surface area contributed by atoms with Gasteiger partial charge in [-0.25, -0.2) is 0 Å². The third-order valence-electron chi connectivity index (χ3n) is 4.96. The number of nitrogens with one attached hydrogen (secondary N) is 1. The summed E-state index contributed by atoms with van der Waals surface area (Å²) in [6.07, 6.45) is 12.1. The van der Waals surface area contributed by atoms with E-state index in [4.69, 9.17) is 5.84 Å². The first-order valence-corrected chi connectivity index (χ1v) is 9.25. The molecule has 0 spiro atoms. The van der Waals surface area contributed by atoms with Crippen LogP contribution in [0.5, 0.6) is 0 Å². The lowest BCUT2D eigenvalue weighted by atomic mass is 9.76. The molecule has 1 aromatic heterocycles. The van der Waals surface area contributed by atoms with E-state index in [0.717, 1.165) is 18.3 Å². The van der Waals surface area contributed by atoms with Crippen molar-refractivity contribution in [2.45, 2.75) is 70.8 Å². The Kier molecular flexibility index (Phi) is 7.05. The van der Waals surface area contributed by atoms with E-state index in [1.54, 1.807) is 11.3 Å². The van der Waals surface area contributed by atoms with Crippen LogP contribution in [0, 0.1) is 11.8 Å². The molecule has 1 heterocycles. The number of rotatable bonds is 8. The molecule has 1 unspecified atom stereocenters. The predicted octanol–water partition coefficient (Wildman–Crippen LogP) is 4.51. The largest absolute Gasteiger partial charge is 0.271 e. The zero-order valence-electron chi connectivity index (χ0n) is 12.8. The summed E-state index contributed by atoms with van der Waals surface area (Å²) in [5.74, 6) is 7.59. The van der Waals surface area contributed by atoms with Crippen LogP contribution >= 0.6 is 11.3 Å². The molecule has 20 heavy (non-hydrogen) atoms. The molecular weight excluding hydrogens is 264 g/mol. The molecule has 2 rings (SSSR count). The number of hydrogen-bond donors (Lipinski definition) is 2. The maximum Gasteiger partial charge on any atom is 0.0241 e. The van der Waals surface area contributed by atoms with Gasteiger partial charge < -0.3 is 0 Å². The molecular formula is C17H30N2S. The third kappa shape index (κ3) is 4.87. The lowest BCUT2D eigenvalue weighted by Gasteiger charge is -2.33. The quantitative estimate of drug-likeness (QED) is 0.547. The standard InChI is InChI=1S/C17H30N2S/c1-2-3-4-14-5-8-16(9-6-14)17(19-18)10-7-15-11-12-20-13-15/h11-14,16-17,19H,2-10,18H2,1H3. The highest BCUT2D eigenvalue weighted by atomic mass is 32.1. The highest BCUT2D eigenvalue weighted by Crippen LogP contribution is 2.34. The predicted molar refractivity (Wildman–Crippen MR) is 88.7 cm³/mol. The summed E-state index contributed by atoms with van der Waals surface area (Å²) in [5.41, 5.74) is 4.56. The van der Waals surface area contributed by atoms with E-state index in [9.17, 15) is 0 Å². The lowest BCUT2D eigenvalue weighted by Crippen LogP contribution is -2.42. The van der Waals surface area contributed by atoms with Gasteiger partial charge in [-0.1, -0.05) is 39.0 Å². The summed E-state index contributed by atoms with van der Waals surface area (Å²) in [7, 11) is 0. The molecule has 3 heteroatoms. The van der Waals surface area contributed by atoms with Crippen molar-refractivity contribution in [3.63, 3.8) is 0 Å². The van der Waals surface area contributed by atoms with E-state index in [0.29, 0.717) is 6.04 Å². The van der Waals surface area contributed by atoms with E-state index >= 15 is 0 Å².